The van der Waals surface area contributed by atoms with Gasteiger partial charge < -0.3 is 39.8 Å². The van der Waals surface area contributed by atoms with Crippen LogP contribution in [0.15, 0.2) is 54.6 Å². The molecule has 0 saturated carbocycles. The highest BCUT2D eigenvalue weighted by atomic mass is 16.6. The zero-order valence-corrected chi connectivity index (χ0v) is 48.2. The Balaban J connectivity index is 1.35. The highest BCUT2D eigenvalue weighted by molar-refractivity contribution is 6.03. The molecule has 7 amide bonds. The second-order valence-electron chi connectivity index (χ2n) is 22.1. The van der Waals surface area contributed by atoms with E-state index in [1.807, 2.05) is 33.8 Å². The van der Waals surface area contributed by atoms with Crippen LogP contribution in [0, 0.1) is 29.6 Å². The third-order valence-electron chi connectivity index (χ3n) is 15.6. The molecule has 2 aliphatic rings. The molecule has 2 saturated heterocycles. The molecule has 2 aromatic rings. The Morgan fingerprint density at radius 3 is 2.01 bits per heavy atom. The van der Waals surface area contributed by atoms with Crippen LogP contribution in [0.5, 0.6) is 0 Å². The first kappa shape index (κ1) is 64.3. The number of imide groups is 1. The summed E-state index contributed by atoms with van der Waals surface area (Å²) in [6.45, 7) is 15.3. The number of aliphatic carboxylic acids is 1. The first-order valence-corrected chi connectivity index (χ1v) is 27.8. The zero-order valence-electron chi connectivity index (χ0n) is 48.2. The Kier molecular flexibility index (Phi) is 25.4. The van der Waals surface area contributed by atoms with Crippen molar-refractivity contribution in [3.8, 4) is 0 Å². The fourth-order valence-corrected chi connectivity index (χ4v) is 10.8. The molecule has 1 unspecified atom stereocenters. The van der Waals surface area contributed by atoms with Crippen LogP contribution in [0.2, 0.25) is 0 Å². The fraction of sp³-hybridized carbons (Fsp3) is 0.644. The SMILES string of the molecule is CC[C@H](C)[C@@H]([C@@H](CC(=O)N1CCC[C@H]1[C@H](OC)[C@@H](C)C(=O)N[C@@H](Cc1ccccc1)C(=O)O)OC)N(C)C(=O)[C@@H](NC(=O)[C@H](C(C)C)N(C)C(=O)OCc1ccc(CC(=O)CCCCCN2C(=O)CC(C)C2=O)cc1)C(C)C. The molecule has 3 N–H and O–H groups in total. The van der Waals surface area contributed by atoms with E-state index < -0.39 is 78.1 Å². The maximum absolute atomic E-state index is 14.7. The van der Waals surface area contributed by atoms with E-state index in [4.69, 9.17) is 14.2 Å². The molecule has 19 nitrogen and oxygen atoms in total. The number of methoxy groups -OCH3 is 2. The smallest absolute Gasteiger partial charge is 0.410 e. The van der Waals surface area contributed by atoms with E-state index in [2.05, 4.69) is 10.6 Å². The summed E-state index contributed by atoms with van der Waals surface area (Å²) in [7, 11) is 6.08. The molecule has 432 valence electrons. The molecule has 2 fully saturated rings. The van der Waals surface area contributed by atoms with Gasteiger partial charge in [-0.3, -0.25) is 43.4 Å². The van der Waals surface area contributed by atoms with E-state index in [9.17, 15) is 48.3 Å². The number of hydrogen-bond acceptors (Lipinski definition) is 12. The summed E-state index contributed by atoms with van der Waals surface area (Å²) >= 11 is 0. The molecule has 19 heteroatoms. The lowest BCUT2D eigenvalue weighted by Gasteiger charge is -2.41. The minimum Gasteiger partial charge on any atom is -0.480 e. The van der Waals surface area contributed by atoms with Crippen LogP contribution >= 0.6 is 0 Å². The molecule has 2 aliphatic heterocycles. The lowest BCUT2D eigenvalue weighted by Crippen LogP contribution is -2.60. The number of unbranched alkanes of at least 4 members (excludes halogenated alkanes) is 2. The summed E-state index contributed by atoms with van der Waals surface area (Å²) in [6, 6.07) is 11.9. The average Bonchev–Trinajstić information content (AvgIpc) is 4.00. The third-order valence-corrected chi connectivity index (χ3v) is 15.6. The summed E-state index contributed by atoms with van der Waals surface area (Å²) in [4.78, 5) is 125. The fourth-order valence-electron chi connectivity index (χ4n) is 10.8. The number of carbonyl (C=O) groups excluding carboxylic acids is 8. The highest BCUT2D eigenvalue weighted by Crippen LogP contribution is 2.30. The van der Waals surface area contributed by atoms with Crippen molar-refractivity contribution in [2.75, 3.05) is 41.4 Å². The van der Waals surface area contributed by atoms with Crippen molar-refractivity contribution in [3.63, 3.8) is 0 Å². The van der Waals surface area contributed by atoms with Crippen molar-refractivity contribution >= 4 is 53.3 Å². The van der Waals surface area contributed by atoms with Crippen LogP contribution in [0.4, 0.5) is 4.79 Å². The summed E-state index contributed by atoms with van der Waals surface area (Å²) in [5.41, 5.74) is 2.25. The van der Waals surface area contributed by atoms with Crippen molar-refractivity contribution in [1.82, 2.24) is 30.2 Å². The Bertz CT molecular complexity index is 2350. The van der Waals surface area contributed by atoms with Crippen LogP contribution in [0.3, 0.4) is 0 Å². The van der Waals surface area contributed by atoms with Crippen LogP contribution in [0.25, 0.3) is 0 Å². The van der Waals surface area contributed by atoms with Gasteiger partial charge >= 0.3 is 12.1 Å². The Morgan fingerprint density at radius 2 is 1.45 bits per heavy atom. The zero-order chi connectivity index (χ0) is 58.0. The quantitative estimate of drug-likeness (QED) is 0.0562. The van der Waals surface area contributed by atoms with Gasteiger partial charge in [-0.2, -0.15) is 0 Å². The summed E-state index contributed by atoms with van der Waals surface area (Å²) < 4.78 is 17.6. The Labute approximate surface area is 461 Å². The van der Waals surface area contributed by atoms with E-state index in [1.165, 1.54) is 31.1 Å². The van der Waals surface area contributed by atoms with Crippen molar-refractivity contribution in [2.45, 2.75) is 175 Å². The third kappa shape index (κ3) is 17.6. The molecule has 0 spiro atoms. The second kappa shape index (κ2) is 30.8. The van der Waals surface area contributed by atoms with Crippen molar-refractivity contribution in [2.24, 2.45) is 29.6 Å². The summed E-state index contributed by atoms with van der Waals surface area (Å²) in [5.74, 6) is -5.08. The number of rotatable bonds is 31. The van der Waals surface area contributed by atoms with Crippen molar-refractivity contribution in [1.29, 1.82) is 0 Å². The molecular formula is C59H88N6O13. The van der Waals surface area contributed by atoms with Crippen molar-refractivity contribution < 1.29 is 62.5 Å². The van der Waals surface area contributed by atoms with Gasteiger partial charge in [0.1, 0.15) is 30.5 Å². The van der Waals surface area contributed by atoms with Gasteiger partial charge in [0, 0.05) is 73.0 Å². The van der Waals surface area contributed by atoms with Gasteiger partial charge in [0.2, 0.25) is 35.4 Å². The van der Waals surface area contributed by atoms with E-state index in [0.29, 0.717) is 57.2 Å². The number of hydrogen-bond donors (Lipinski definition) is 3. The van der Waals surface area contributed by atoms with Gasteiger partial charge in [-0.05, 0) is 60.1 Å². The predicted molar refractivity (Wildman–Crippen MR) is 293 cm³/mol. The number of ketones is 1. The molecule has 78 heavy (non-hydrogen) atoms. The molecule has 0 radical (unpaired) electrons. The van der Waals surface area contributed by atoms with E-state index in [1.54, 1.807) is 93.1 Å². The van der Waals surface area contributed by atoms with E-state index in [-0.39, 0.29) is 79.5 Å². The van der Waals surface area contributed by atoms with Gasteiger partial charge in [0.15, 0.2) is 0 Å². The summed E-state index contributed by atoms with van der Waals surface area (Å²) in [5, 5.41) is 15.6. The number of carboxylic acids is 1. The van der Waals surface area contributed by atoms with Gasteiger partial charge in [0.25, 0.3) is 0 Å². The molecular weight excluding hydrogens is 1000 g/mol. The minimum atomic E-state index is -1.17. The number of likely N-dealkylation sites (tertiary alicyclic amines) is 2. The minimum absolute atomic E-state index is 0.0707. The number of ether oxygens (including phenoxy) is 3. The highest BCUT2D eigenvalue weighted by Gasteiger charge is 2.44. The van der Waals surface area contributed by atoms with Gasteiger partial charge in [0.05, 0.1) is 36.6 Å². The monoisotopic (exact) mass is 1090 g/mol. The molecule has 0 aromatic heterocycles. The normalized spacial score (nSPS) is 18.6. The number of amides is 7. The second-order valence-corrected chi connectivity index (χ2v) is 22.1. The molecule has 2 aromatic carbocycles. The van der Waals surface area contributed by atoms with Gasteiger partial charge in [-0.1, -0.05) is 123 Å². The maximum atomic E-state index is 14.7. The molecule has 10 atom stereocenters. The number of carboxylic acid groups (broad SMARTS) is 1. The first-order chi connectivity index (χ1) is 36.9. The number of likely N-dealkylation sites (N-methyl/N-ethyl adjacent to an activating group) is 2. The molecule has 0 aliphatic carbocycles. The average molecular weight is 1090 g/mol. The lowest BCUT2D eigenvalue weighted by atomic mass is 9.89. The number of nitrogens with zero attached hydrogens (tertiary/aromatic N) is 4. The molecule has 2 heterocycles. The Morgan fingerprint density at radius 1 is 0.795 bits per heavy atom. The van der Waals surface area contributed by atoms with Gasteiger partial charge in [-0.15, -0.1) is 0 Å². The Hall–Kier alpha value is -6.21. The lowest BCUT2D eigenvalue weighted by molar-refractivity contribution is -0.148. The predicted octanol–water partition coefficient (Wildman–Crippen LogP) is 6.22. The number of carbonyl (C=O) groups is 9. The standard InChI is InChI=1S/C59H88N6O13/c1-13-38(6)52(47(76-11)34-49(68)64-30-20-24-46(64)53(77-12)40(8)54(69)60-45(58(73)74)33-41-21-16-14-17-22-41)62(9)57(72)50(36(2)3)61-55(70)51(37(4)5)63(10)59(75)78-35-43-27-25-42(26-28-43)32-44(66)23-18-15-19-29-65-48(67)31-39(7)56(65)71/h14,16-17,21-22,25-28,36-40,45-47,50-53H,13,15,18-20,23-24,29-35H2,1-12H3,(H,60,69)(H,61,70)(H,73,74)/t38-,39?,40+,45-,46-,47+,50-,51-,52-,53+/m0/s1. The molecule has 4 rings (SSSR count). The van der Waals surface area contributed by atoms with Crippen molar-refractivity contribution in [3.05, 3.63) is 71.3 Å². The topological polar surface area (TPSA) is 239 Å². The number of Topliss-reactive ketones (excluding diaryl/α,β-unsaturated/α-hetero) is 1. The number of nitrogens with one attached hydrogen (secondary N) is 2. The van der Waals surface area contributed by atoms with Gasteiger partial charge in [-0.25, -0.2) is 9.59 Å². The largest absolute Gasteiger partial charge is 0.480 e. The van der Waals surface area contributed by atoms with Crippen LogP contribution < -0.4 is 10.6 Å². The summed E-state index contributed by atoms with van der Waals surface area (Å²) in [6.07, 6.45) is 2.48. The van der Waals surface area contributed by atoms with Crippen LogP contribution in [-0.2, 0) is 72.0 Å². The number of benzene rings is 2. The van der Waals surface area contributed by atoms with Crippen LogP contribution in [-0.4, -0.2) is 162 Å². The van der Waals surface area contributed by atoms with E-state index >= 15 is 0 Å². The van der Waals surface area contributed by atoms with E-state index in [0.717, 1.165) is 17.5 Å². The van der Waals surface area contributed by atoms with Crippen LogP contribution in [0.1, 0.15) is 130 Å². The first-order valence-electron chi connectivity index (χ1n) is 27.8. The maximum Gasteiger partial charge on any atom is 0.410 e. The molecule has 0 bridgehead atoms.